The molecule has 0 aromatic heterocycles. The summed E-state index contributed by atoms with van der Waals surface area (Å²) in [6, 6.07) is 0. The smallest absolute Gasteiger partial charge is 0.0217 e. The van der Waals surface area contributed by atoms with Gasteiger partial charge < -0.3 is 5.73 Å². The molecule has 1 saturated heterocycles. The molecule has 5 aliphatic rings. The Morgan fingerprint density at radius 1 is 1.00 bits per heavy atom. The van der Waals surface area contributed by atoms with Crippen molar-refractivity contribution in [3.8, 4) is 0 Å². The van der Waals surface area contributed by atoms with E-state index in [0.717, 1.165) is 30.2 Å². The molecule has 0 radical (unpaired) electrons. The van der Waals surface area contributed by atoms with Crippen molar-refractivity contribution >= 4 is 0 Å². The maximum absolute atomic E-state index is 5.79. The van der Waals surface area contributed by atoms with E-state index in [4.69, 9.17) is 5.73 Å². The van der Waals surface area contributed by atoms with E-state index in [1.165, 1.54) is 51.6 Å². The third kappa shape index (κ3) is 2.15. The molecule has 4 bridgehead atoms. The van der Waals surface area contributed by atoms with Crippen molar-refractivity contribution in [1.82, 2.24) is 4.90 Å². The summed E-state index contributed by atoms with van der Waals surface area (Å²) >= 11 is 0. The van der Waals surface area contributed by atoms with Crippen molar-refractivity contribution in [3.05, 3.63) is 0 Å². The number of piperidine rings is 1. The zero-order valence-corrected chi connectivity index (χ0v) is 12.3. The van der Waals surface area contributed by atoms with Crippen LogP contribution >= 0.6 is 0 Å². The van der Waals surface area contributed by atoms with Crippen LogP contribution in [-0.2, 0) is 0 Å². The van der Waals surface area contributed by atoms with Gasteiger partial charge in [0.05, 0.1) is 0 Å². The van der Waals surface area contributed by atoms with Gasteiger partial charge >= 0.3 is 0 Å². The lowest BCUT2D eigenvalue weighted by Crippen LogP contribution is -2.61. The van der Waals surface area contributed by atoms with Crippen LogP contribution in [0.15, 0.2) is 0 Å². The molecule has 1 atom stereocenters. The summed E-state index contributed by atoms with van der Waals surface area (Å²) in [5.74, 6) is 4.15. The summed E-state index contributed by atoms with van der Waals surface area (Å²) in [6.07, 6.45) is 13.4. The number of nitrogens with zero attached hydrogens (tertiary/aromatic N) is 1. The SMILES string of the molecule is NCCC1CCCN(C23CC4CC(CC(C4)C2)C3)C1. The van der Waals surface area contributed by atoms with Crippen LogP contribution in [0.5, 0.6) is 0 Å². The molecule has 0 aromatic carbocycles. The van der Waals surface area contributed by atoms with Gasteiger partial charge in [-0.05, 0) is 94.5 Å². The van der Waals surface area contributed by atoms with Crippen LogP contribution in [0.4, 0.5) is 0 Å². The highest BCUT2D eigenvalue weighted by Gasteiger charge is 2.53. The van der Waals surface area contributed by atoms with E-state index >= 15 is 0 Å². The highest BCUT2D eigenvalue weighted by atomic mass is 15.2. The van der Waals surface area contributed by atoms with Gasteiger partial charge in [-0.15, -0.1) is 0 Å². The first kappa shape index (κ1) is 12.6. The predicted molar refractivity (Wildman–Crippen MR) is 78.9 cm³/mol. The summed E-state index contributed by atoms with van der Waals surface area (Å²) in [5.41, 5.74) is 6.43. The molecule has 1 heterocycles. The number of hydrogen-bond donors (Lipinski definition) is 1. The Balaban J connectivity index is 1.51. The molecule has 0 amide bonds. The highest BCUT2D eigenvalue weighted by molar-refractivity contribution is 5.08. The standard InChI is InChI=1S/C17H30N2/c18-4-3-13-2-1-5-19(12-13)17-9-14-6-15(10-17)8-16(7-14)11-17/h13-16H,1-12,18H2. The lowest BCUT2D eigenvalue weighted by Gasteiger charge is -2.61. The van der Waals surface area contributed by atoms with Crippen LogP contribution in [0.3, 0.4) is 0 Å². The van der Waals surface area contributed by atoms with Gasteiger partial charge in [0.1, 0.15) is 0 Å². The average molecular weight is 262 g/mol. The van der Waals surface area contributed by atoms with Crippen LogP contribution in [0.25, 0.3) is 0 Å². The monoisotopic (exact) mass is 262 g/mol. The first-order valence-electron chi connectivity index (χ1n) is 8.72. The second kappa shape index (κ2) is 4.73. The Morgan fingerprint density at radius 2 is 1.63 bits per heavy atom. The first-order chi connectivity index (χ1) is 9.27. The molecule has 5 fully saturated rings. The van der Waals surface area contributed by atoms with Crippen LogP contribution in [0, 0.1) is 23.7 Å². The van der Waals surface area contributed by atoms with E-state index in [2.05, 4.69) is 4.90 Å². The van der Waals surface area contributed by atoms with E-state index in [-0.39, 0.29) is 0 Å². The van der Waals surface area contributed by atoms with E-state index in [0.29, 0.717) is 5.54 Å². The average Bonchev–Trinajstić information content (AvgIpc) is 2.38. The Hall–Kier alpha value is -0.0800. The number of rotatable bonds is 3. The molecule has 4 aliphatic carbocycles. The summed E-state index contributed by atoms with van der Waals surface area (Å²) in [4.78, 5) is 2.95. The van der Waals surface area contributed by atoms with Gasteiger partial charge in [0.15, 0.2) is 0 Å². The molecule has 1 unspecified atom stereocenters. The summed E-state index contributed by atoms with van der Waals surface area (Å²) in [7, 11) is 0. The van der Waals surface area contributed by atoms with Crippen LogP contribution in [-0.4, -0.2) is 30.1 Å². The maximum Gasteiger partial charge on any atom is 0.0217 e. The molecule has 5 rings (SSSR count). The maximum atomic E-state index is 5.79. The minimum absolute atomic E-state index is 0.641. The highest BCUT2D eigenvalue weighted by Crippen LogP contribution is 2.58. The minimum atomic E-state index is 0.641. The summed E-state index contributed by atoms with van der Waals surface area (Å²) in [5, 5.41) is 0. The Morgan fingerprint density at radius 3 is 2.21 bits per heavy atom. The van der Waals surface area contributed by atoms with E-state index in [1.807, 2.05) is 0 Å². The molecule has 2 heteroatoms. The zero-order chi connectivity index (χ0) is 12.9. The van der Waals surface area contributed by atoms with Crippen LogP contribution < -0.4 is 5.73 Å². The van der Waals surface area contributed by atoms with Gasteiger partial charge in [0.25, 0.3) is 0 Å². The molecular formula is C17H30N2. The van der Waals surface area contributed by atoms with E-state index in [9.17, 15) is 0 Å². The second-order valence-electron chi connectivity index (χ2n) is 8.17. The first-order valence-corrected chi connectivity index (χ1v) is 8.72. The Bertz CT molecular complexity index is 301. The Kier molecular flexibility index (Phi) is 3.15. The topological polar surface area (TPSA) is 29.3 Å². The van der Waals surface area contributed by atoms with Gasteiger partial charge in [-0.25, -0.2) is 0 Å². The molecule has 108 valence electrons. The quantitative estimate of drug-likeness (QED) is 0.847. The molecule has 0 aromatic rings. The van der Waals surface area contributed by atoms with Gasteiger partial charge in [0, 0.05) is 12.1 Å². The van der Waals surface area contributed by atoms with Gasteiger partial charge in [-0.2, -0.15) is 0 Å². The summed E-state index contributed by atoms with van der Waals surface area (Å²) in [6.45, 7) is 3.63. The van der Waals surface area contributed by atoms with Crippen molar-refractivity contribution in [1.29, 1.82) is 0 Å². The lowest BCUT2D eigenvalue weighted by atomic mass is 9.52. The van der Waals surface area contributed by atoms with E-state index in [1.54, 1.807) is 19.3 Å². The zero-order valence-electron chi connectivity index (χ0n) is 12.3. The van der Waals surface area contributed by atoms with Crippen molar-refractivity contribution in [3.63, 3.8) is 0 Å². The van der Waals surface area contributed by atoms with Gasteiger partial charge in [0.2, 0.25) is 0 Å². The minimum Gasteiger partial charge on any atom is -0.330 e. The van der Waals surface area contributed by atoms with E-state index < -0.39 is 0 Å². The second-order valence-corrected chi connectivity index (χ2v) is 8.17. The molecule has 0 spiro atoms. The van der Waals surface area contributed by atoms with Crippen molar-refractivity contribution in [2.24, 2.45) is 29.4 Å². The summed E-state index contributed by atoms with van der Waals surface area (Å²) < 4.78 is 0. The predicted octanol–water partition coefficient (Wildman–Crippen LogP) is 3.02. The van der Waals surface area contributed by atoms with Crippen molar-refractivity contribution < 1.29 is 0 Å². The molecule has 1 aliphatic heterocycles. The van der Waals surface area contributed by atoms with Crippen molar-refractivity contribution in [2.45, 2.75) is 63.3 Å². The van der Waals surface area contributed by atoms with Crippen LogP contribution in [0.2, 0.25) is 0 Å². The third-order valence-corrected chi connectivity index (χ3v) is 6.77. The number of likely N-dealkylation sites (tertiary alicyclic amines) is 1. The van der Waals surface area contributed by atoms with Gasteiger partial charge in [-0.3, -0.25) is 4.90 Å². The fourth-order valence-corrected chi connectivity index (χ4v) is 6.42. The Labute approximate surface area is 118 Å². The molecule has 19 heavy (non-hydrogen) atoms. The lowest BCUT2D eigenvalue weighted by molar-refractivity contribution is -0.101. The fraction of sp³-hybridized carbons (Fsp3) is 1.00. The molecule has 2 N–H and O–H groups in total. The number of hydrogen-bond acceptors (Lipinski definition) is 2. The normalized spacial score (nSPS) is 49.7. The van der Waals surface area contributed by atoms with Gasteiger partial charge in [-0.1, -0.05) is 0 Å². The fourth-order valence-electron chi connectivity index (χ4n) is 6.42. The van der Waals surface area contributed by atoms with Crippen LogP contribution in [0.1, 0.15) is 57.8 Å². The largest absolute Gasteiger partial charge is 0.330 e. The molecule has 2 nitrogen and oxygen atoms in total. The number of nitrogens with two attached hydrogens (primary N) is 1. The van der Waals surface area contributed by atoms with Crippen molar-refractivity contribution in [2.75, 3.05) is 19.6 Å². The molecular weight excluding hydrogens is 232 g/mol. The molecule has 4 saturated carbocycles. The third-order valence-electron chi connectivity index (χ3n) is 6.77.